The van der Waals surface area contributed by atoms with Gasteiger partial charge in [-0.15, -0.1) is 0 Å². The highest BCUT2D eigenvalue weighted by molar-refractivity contribution is 9.10. The lowest BCUT2D eigenvalue weighted by molar-refractivity contribution is -0.00531. The van der Waals surface area contributed by atoms with Crippen LogP contribution in [0.25, 0.3) is 0 Å². The van der Waals surface area contributed by atoms with Crippen LogP contribution in [-0.4, -0.2) is 30.0 Å². The highest BCUT2D eigenvalue weighted by Crippen LogP contribution is 2.27. The van der Waals surface area contributed by atoms with Crippen LogP contribution in [0, 0.1) is 0 Å². The van der Waals surface area contributed by atoms with Gasteiger partial charge in [-0.25, -0.2) is 0 Å². The Balaban J connectivity index is 2.79. The van der Waals surface area contributed by atoms with Crippen molar-refractivity contribution in [2.45, 2.75) is 38.3 Å². The van der Waals surface area contributed by atoms with E-state index in [9.17, 15) is 5.11 Å². The second-order valence-corrected chi connectivity index (χ2v) is 6.41. The molecule has 1 unspecified atom stereocenters. The molecular formula is C14H22BrNO2. The predicted molar refractivity (Wildman–Crippen MR) is 79.0 cm³/mol. The summed E-state index contributed by atoms with van der Waals surface area (Å²) in [7, 11) is 1.69. The van der Waals surface area contributed by atoms with Gasteiger partial charge >= 0.3 is 0 Å². The molecule has 0 aliphatic carbocycles. The summed E-state index contributed by atoms with van der Waals surface area (Å²) in [5, 5.41) is 13.0. The van der Waals surface area contributed by atoms with Crippen molar-refractivity contribution >= 4 is 21.6 Å². The summed E-state index contributed by atoms with van der Waals surface area (Å²) in [6.45, 7) is 6.08. The van der Waals surface area contributed by atoms with Crippen LogP contribution >= 0.6 is 15.9 Å². The summed E-state index contributed by atoms with van der Waals surface area (Å²) >= 11 is 3.41. The van der Waals surface area contributed by atoms with Crippen molar-refractivity contribution in [3.8, 4) is 0 Å². The Morgan fingerprint density at radius 3 is 2.22 bits per heavy atom. The molecule has 1 atom stereocenters. The Bertz CT molecular complexity index is 378. The van der Waals surface area contributed by atoms with Gasteiger partial charge in [-0.05, 0) is 45.0 Å². The quantitative estimate of drug-likeness (QED) is 0.845. The van der Waals surface area contributed by atoms with E-state index in [4.69, 9.17) is 4.74 Å². The third-order valence-corrected chi connectivity index (χ3v) is 3.54. The van der Waals surface area contributed by atoms with E-state index in [1.54, 1.807) is 7.11 Å². The smallest absolute Gasteiger partial charge is 0.0659 e. The van der Waals surface area contributed by atoms with Crippen molar-refractivity contribution < 1.29 is 9.84 Å². The summed E-state index contributed by atoms with van der Waals surface area (Å²) in [6, 6.07) is 7.92. The van der Waals surface area contributed by atoms with Gasteiger partial charge in [0.1, 0.15) is 0 Å². The number of hydrogen-bond donors (Lipinski definition) is 2. The first-order chi connectivity index (χ1) is 8.30. The maximum absolute atomic E-state index is 9.63. The van der Waals surface area contributed by atoms with Crippen molar-refractivity contribution in [1.29, 1.82) is 0 Å². The number of rotatable bonds is 6. The lowest BCUT2D eigenvalue weighted by atomic mass is 9.88. The number of nitrogens with one attached hydrogen (secondary N) is 1. The minimum Gasteiger partial charge on any atom is -0.394 e. The predicted octanol–water partition coefficient (Wildman–Crippen LogP) is 3.43. The van der Waals surface area contributed by atoms with Crippen LogP contribution in [0.4, 0.5) is 5.69 Å². The number of halogens is 1. The number of benzene rings is 1. The Labute approximate surface area is 118 Å². The fourth-order valence-electron chi connectivity index (χ4n) is 2.03. The molecule has 4 heteroatoms. The molecule has 0 amide bonds. The molecule has 0 saturated heterocycles. The van der Waals surface area contributed by atoms with Crippen LogP contribution < -0.4 is 5.32 Å². The normalized spacial score (nSPS) is 15.2. The summed E-state index contributed by atoms with van der Waals surface area (Å²) in [5.74, 6) is 0. The molecule has 0 saturated carbocycles. The lowest BCUT2D eigenvalue weighted by Crippen LogP contribution is -2.45. The average Bonchev–Trinajstić information content (AvgIpc) is 2.32. The number of anilines is 1. The van der Waals surface area contributed by atoms with Crippen LogP contribution in [0.2, 0.25) is 0 Å². The Hall–Kier alpha value is -0.580. The van der Waals surface area contributed by atoms with Crippen molar-refractivity contribution in [3.05, 3.63) is 28.7 Å². The number of methoxy groups -OCH3 is 1. The van der Waals surface area contributed by atoms with Crippen molar-refractivity contribution in [2.24, 2.45) is 0 Å². The molecule has 0 spiro atoms. The van der Waals surface area contributed by atoms with E-state index in [1.807, 2.05) is 45.0 Å². The summed E-state index contributed by atoms with van der Waals surface area (Å²) in [4.78, 5) is 0. The summed E-state index contributed by atoms with van der Waals surface area (Å²) in [6.07, 6.45) is 0.711. The van der Waals surface area contributed by atoms with Crippen LogP contribution in [0.15, 0.2) is 28.7 Å². The number of aliphatic hydroxyl groups excluding tert-OH is 1. The molecule has 0 aromatic heterocycles. The third kappa shape index (κ3) is 4.59. The van der Waals surface area contributed by atoms with Gasteiger partial charge in [0.2, 0.25) is 0 Å². The number of ether oxygens (including phenoxy) is 1. The van der Waals surface area contributed by atoms with Gasteiger partial charge in [-0.3, -0.25) is 0 Å². The molecule has 18 heavy (non-hydrogen) atoms. The van der Waals surface area contributed by atoms with Crippen molar-refractivity contribution in [2.75, 3.05) is 19.0 Å². The molecule has 2 N–H and O–H groups in total. The van der Waals surface area contributed by atoms with Gasteiger partial charge in [0.05, 0.1) is 17.7 Å². The van der Waals surface area contributed by atoms with E-state index in [0.717, 1.165) is 10.2 Å². The third-order valence-electron chi connectivity index (χ3n) is 3.01. The minimum atomic E-state index is -0.409. The van der Waals surface area contributed by atoms with E-state index in [-0.39, 0.29) is 12.2 Å². The Morgan fingerprint density at radius 2 is 1.78 bits per heavy atom. The average molecular weight is 316 g/mol. The van der Waals surface area contributed by atoms with Gasteiger partial charge in [-0.2, -0.15) is 0 Å². The second-order valence-electron chi connectivity index (χ2n) is 5.49. The van der Waals surface area contributed by atoms with Crippen LogP contribution in [0.1, 0.15) is 27.2 Å². The molecule has 1 aromatic carbocycles. The van der Waals surface area contributed by atoms with E-state index < -0.39 is 5.54 Å². The fourth-order valence-corrected chi connectivity index (χ4v) is 2.30. The maximum atomic E-state index is 9.63. The minimum absolute atomic E-state index is 0.0514. The van der Waals surface area contributed by atoms with Gasteiger partial charge < -0.3 is 15.2 Å². The first-order valence-electron chi connectivity index (χ1n) is 6.00. The fraction of sp³-hybridized carbons (Fsp3) is 0.571. The topological polar surface area (TPSA) is 41.5 Å². The second kappa shape index (κ2) is 6.04. The molecule has 0 radical (unpaired) electrons. The molecule has 0 heterocycles. The van der Waals surface area contributed by atoms with Crippen molar-refractivity contribution in [1.82, 2.24) is 0 Å². The van der Waals surface area contributed by atoms with E-state index in [2.05, 4.69) is 21.2 Å². The van der Waals surface area contributed by atoms with Crippen LogP contribution in [-0.2, 0) is 4.74 Å². The van der Waals surface area contributed by atoms with Crippen LogP contribution in [0.3, 0.4) is 0 Å². The highest BCUT2D eigenvalue weighted by Gasteiger charge is 2.32. The van der Waals surface area contributed by atoms with Gasteiger partial charge in [0.25, 0.3) is 0 Å². The zero-order valence-corrected chi connectivity index (χ0v) is 13.0. The monoisotopic (exact) mass is 315 g/mol. The Morgan fingerprint density at radius 1 is 1.22 bits per heavy atom. The molecule has 0 bridgehead atoms. The lowest BCUT2D eigenvalue weighted by Gasteiger charge is -2.37. The molecule has 0 aliphatic rings. The molecule has 3 nitrogen and oxygen atoms in total. The molecule has 1 rings (SSSR count). The van der Waals surface area contributed by atoms with E-state index in [1.165, 1.54) is 0 Å². The number of hydrogen-bond acceptors (Lipinski definition) is 3. The first-order valence-corrected chi connectivity index (χ1v) is 6.79. The van der Waals surface area contributed by atoms with Gasteiger partial charge in [-0.1, -0.05) is 15.9 Å². The maximum Gasteiger partial charge on any atom is 0.0659 e. The molecular weight excluding hydrogens is 294 g/mol. The summed E-state index contributed by atoms with van der Waals surface area (Å²) in [5.41, 5.74) is 0.300. The van der Waals surface area contributed by atoms with Gasteiger partial charge in [0.15, 0.2) is 0 Å². The first kappa shape index (κ1) is 15.5. The SMILES string of the molecule is COC(C)(C)CC(C)(CO)Nc1ccc(Br)cc1. The highest BCUT2D eigenvalue weighted by atomic mass is 79.9. The molecule has 1 aromatic rings. The van der Waals surface area contributed by atoms with Crippen LogP contribution in [0.5, 0.6) is 0 Å². The Kier molecular flexibility index (Phi) is 5.20. The molecule has 0 fully saturated rings. The summed E-state index contributed by atoms with van der Waals surface area (Å²) < 4.78 is 6.47. The zero-order valence-electron chi connectivity index (χ0n) is 11.5. The molecule has 102 valence electrons. The standard InChI is InChI=1S/C14H22BrNO2/c1-13(2,18-4)9-14(3,10-17)16-12-7-5-11(15)6-8-12/h5-8,16-17H,9-10H2,1-4H3. The number of aliphatic hydroxyl groups is 1. The van der Waals surface area contributed by atoms with E-state index >= 15 is 0 Å². The largest absolute Gasteiger partial charge is 0.394 e. The van der Waals surface area contributed by atoms with Crippen molar-refractivity contribution in [3.63, 3.8) is 0 Å². The zero-order chi connectivity index (χ0) is 13.8. The molecule has 0 aliphatic heterocycles. The van der Waals surface area contributed by atoms with Gasteiger partial charge in [0, 0.05) is 23.7 Å². The van der Waals surface area contributed by atoms with E-state index in [0.29, 0.717) is 6.42 Å².